The molecule has 1 aliphatic carbocycles. The van der Waals surface area contributed by atoms with Crippen molar-refractivity contribution in [2.24, 2.45) is 16.7 Å². The molecule has 1 N–H and O–H groups in total. The second kappa shape index (κ2) is 4.91. The Labute approximate surface area is 108 Å². The molecule has 0 radical (unpaired) electrons. The number of hydrogen-bond donors (Lipinski definition) is 1. The summed E-state index contributed by atoms with van der Waals surface area (Å²) in [7, 11) is 0. The number of rotatable bonds is 3. The molecular weight excluding hydrogens is 208 g/mol. The third-order valence-electron chi connectivity index (χ3n) is 4.01. The van der Waals surface area contributed by atoms with Crippen molar-refractivity contribution in [2.75, 3.05) is 0 Å². The van der Waals surface area contributed by atoms with Gasteiger partial charge in [-0.15, -0.1) is 0 Å². The van der Waals surface area contributed by atoms with Gasteiger partial charge in [-0.3, -0.25) is 0 Å². The van der Waals surface area contributed by atoms with Gasteiger partial charge in [-0.1, -0.05) is 48.0 Å². The molecule has 0 spiro atoms. The van der Waals surface area contributed by atoms with Gasteiger partial charge in [-0.2, -0.15) is 0 Å². The van der Waals surface area contributed by atoms with E-state index in [9.17, 15) is 5.11 Å². The summed E-state index contributed by atoms with van der Waals surface area (Å²) in [5.41, 5.74) is 0.312. The largest absolute Gasteiger partial charge is 0.390 e. The monoisotopic (exact) mass is 240 g/mol. The van der Waals surface area contributed by atoms with Crippen molar-refractivity contribution in [2.45, 2.75) is 85.7 Å². The van der Waals surface area contributed by atoms with Crippen molar-refractivity contribution in [1.29, 1.82) is 0 Å². The molecule has 1 nitrogen and oxygen atoms in total. The van der Waals surface area contributed by atoms with Gasteiger partial charge < -0.3 is 5.11 Å². The molecule has 1 fully saturated rings. The predicted molar refractivity (Wildman–Crippen MR) is 75.1 cm³/mol. The first-order valence-electron chi connectivity index (χ1n) is 7.24. The van der Waals surface area contributed by atoms with Gasteiger partial charge in [0.1, 0.15) is 0 Å². The molecule has 0 saturated heterocycles. The van der Waals surface area contributed by atoms with Gasteiger partial charge in [-0.25, -0.2) is 0 Å². The molecule has 0 heterocycles. The second-order valence-corrected chi connectivity index (χ2v) is 8.49. The Morgan fingerprint density at radius 2 is 1.76 bits per heavy atom. The van der Waals surface area contributed by atoms with Crippen LogP contribution in [0.2, 0.25) is 0 Å². The van der Waals surface area contributed by atoms with E-state index in [0.29, 0.717) is 16.7 Å². The average Bonchev–Trinajstić information content (AvgIpc) is 1.94. The van der Waals surface area contributed by atoms with E-state index in [2.05, 4.69) is 41.5 Å². The quantitative estimate of drug-likeness (QED) is 0.752. The van der Waals surface area contributed by atoms with E-state index in [-0.39, 0.29) is 0 Å². The minimum atomic E-state index is -0.396. The lowest BCUT2D eigenvalue weighted by molar-refractivity contribution is -0.0659. The first-order valence-corrected chi connectivity index (χ1v) is 7.24. The first-order chi connectivity index (χ1) is 7.52. The van der Waals surface area contributed by atoms with Crippen LogP contribution in [0.25, 0.3) is 0 Å². The van der Waals surface area contributed by atoms with E-state index < -0.39 is 5.60 Å². The molecule has 17 heavy (non-hydrogen) atoms. The van der Waals surface area contributed by atoms with E-state index in [1.807, 2.05) is 0 Å². The lowest BCUT2D eigenvalue weighted by Crippen LogP contribution is -2.42. The van der Waals surface area contributed by atoms with Gasteiger partial charge in [-0.05, 0) is 48.9 Å². The Bertz CT molecular complexity index is 249. The zero-order chi connectivity index (χ0) is 13.3. The normalized spacial score (nSPS) is 33.7. The van der Waals surface area contributed by atoms with E-state index in [1.165, 1.54) is 12.8 Å². The fraction of sp³-hybridized carbons (Fsp3) is 1.00. The zero-order valence-electron chi connectivity index (χ0n) is 12.8. The van der Waals surface area contributed by atoms with Gasteiger partial charge >= 0.3 is 0 Å². The van der Waals surface area contributed by atoms with Gasteiger partial charge in [0, 0.05) is 0 Å². The van der Waals surface area contributed by atoms with Crippen molar-refractivity contribution < 1.29 is 5.11 Å². The Morgan fingerprint density at radius 1 is 1.18 bits per heavy atom. The zero-order valence-corrected chi connectivity index (χ0v) is 12.8. The first kappa shape index (κ1) is 15.0. The molecule has 2 atom stereocenters. The summed E-state index contributed by atoms with van der Waals surface area (Å²) in [6.45, 7) is 13.7. The predicted octanol–water partition coefficient (Wildman–Crippen LogP) is 4.78. The SMILES string of the molecule is CC1CC(C)(C)CC(O)(CCCC(C)(C)C)C1. The van der Waals surface area contributed by atoms with Crippen molar-refractivity contribution in [3.63, 3.8) is 0 Å². The molecule has 0 aromatic rings. The molecule has 1 saturated carbocycles. The highest BCUT2D eigenvalue weighted by Crippen LogP contribution is 2.46. The molecule has 1 heteroatoms. The minimum Gasteiger partial charge on any atom is -0.390 e. The number of aliphatic hydroxyl groups is 1. The molecule has 0 aliphatic heterocycles. The van der Waals surface area contributed by atoms with E-state index in [1.54, 1.807) is 0 Å². The summed E-state index contributed by atoms with van der Waals surface area (Å²) in [5.74, 6) is 0.665. The molecule has 0 aromatic carbocycles. The van der Waals surface area contributed by atoms with Crippen molar-refractivity contribution in [1.82, 2.24) is 0 Å². The third kappa shape index (κ3) is 5.42. The molecule has 0 amide bonds. The molecule has 0 bridgehead atoms. The van der Waals surface area contributed by atoms with Crippen LogP contribution in [0.5, 0.6) is 0 Å². The lowest BCUT2D eigenvalue weighted by atomic mass is 9.64. The van der Waals surface area contributed by atoms with Gasteiger partial charge in [0.2, 0.25) is 0 Å². The van der Waals surface area contributed by atoms with E-state index >= 15 is 0 Å². The van der Waals surface area contributed by atoms with Crippen LogP contribution < -0.4 is 0 Å². The highest BCUT2D eigenvalue weighted by Gasteiger charge is 2.41. The topological polar surface area (TPSA) is 20.2 Å². The Balaban J connectivity index is 2.50. The van der Waals surface area contributed by atoms with Crippen LogP contribution in [-0.4, -0.2) is 10.7 Å². The highest BCUT2D eigenvalue weighted by atomic mass is 16.3. The molecule has 1 aliphatic rings. The Hall–Kier alpha value is -0.0400. The Kier molecular flexibility index (Phi) is 4.34. The van der Waals surface area contributed by atoms with Gasteiger partial charge in [0.15, 0.2) is 0 Å². The van der Waals surface area contributed by atoms with Crippen molar-refractivity contribution >= 4 is 0 Å². The van der Waals surface area contributed by atoms with Crippen LogP contribution in [0.15, 0.2) is 0 Å². The molecule has 1 rings (SSSR count). The fourth-order valence-electron chi connectivity index (χ4n) is 3.84. The van der Waals surface area contributed by atoms with Crippen LogP contribution in [0.4, 0.5) is 0 Å². The Morgan fingerprint density at radius 3 is 2.24 bits per heavy atom. The van der Waals surface area contributed by atoms with Crippen LogP contribution in [0, 0.1) is 16.7 Å². The second-order valence-electron chi connectivity index (χ2n) is 8.49. The van der Waals surface area contributed by atoms with Crippen LogP contribution in [-0.2, 0) is 0 Å². The number of hydrogen-bond acceptors (Lipinski definition) is 1. The summed E-state index contributed by atoms with van der Waals surface area (Å²) < 4.78 is 0. The molecular formula is C16H32O. The van der Waals surface area contributed by atoms with E-state index in [0.717, 1.165) is 25.7 Å². The van der Waals surface area contributed by atoms with Crippen molar-refractivity contribution in [3.8, 4) is 0 Å². The fourth-order valence-corrected chi connectivity index (χ4v) is 3.84. The summed E-state index contributed by atoms with van der Waals surface area (Å²) in [4.78, 5) is 0. The third-order valence-corrected chi connectivity index (χ3v) is 4.01. The maximum Gasteiger partial charge on any atom is 0.0655 e. The van der Waals surface area contributed by atoms with Gasteiger partial charge in [0.05, 0.1) is 5.60 Å². The summed E-state index contributed by atoms with van der Waals surface area (Å²) in [5, 5.41) is 10.8. The maximum atomic E-state index is 10.8. The summed E-state index contributed by atoms with van der Waals surface area (Å²) >= 11 is 0. The highest BCUT2D eigenvalue weighted by molar-refractivity contribution is 4.93. The standard InChI is InChI=1S/C16H32O/c1-13-10-15(5,6)12-16(17,11-13)9-7-8-14(2,3)4/h13,17H,7-12H2,1-6H3. The smallest absolute Gasteiger partial charge is 0.0655 e. The average molecular weight is 240 g/mol. The van der Waals surface area contributed by atoms with Crippen molar-refractivity contribution in [3.05, 3.63) is 0 Å². The molecule has 0 aromatic heterocycles. The van der Waals surface area contributed by atoms with Gasteiger partial charge in [0.25, 0.3) is 0 Å². The lowest BCUT2D eigenvalue weighted by Gasteiger charge is -2.45. The van der Waals surface area contributed by atoms with Crippen LogP contribution in [0.3, 0.4) is 0 Å². The molecule has 2 unspecified atom stereocenters. The van der Waals surface area contributed by atoms with E-state index in [4.69, 9.17) is 0 Å². The summed E-state index contributed by atoms with van der Waals surface area (Å²) in [6.07, 6.45) is 6.59. The van der Waals surface area contributed by atoms with Crippen LogP contribution in [0.1, 0.15) is 80.1 Å². The molecule has 102 valence electrons. The minimum absolute atomic E-state index is 0.314. The summed E-state index contributed by atoms with van der Waals surface area (Å²) in [6, 6.07) is 0. The van der Waals surface area contributed by atoms with Crippen LogP contribution >= 0.6 is 0 Å². The maximum absolute atomic E-state index is 10.8.